The number of nitrogens with zero attached hydrogens (tertiary/aromatic N) is 4. The molecule has 1 aromatic carbocycles. The second-order valence-corrected chi connectivity index (χ2v) is 6.09. The molecule has 0 radical (unpaired) electrons. The summed E-state index contributed by atoms with van der Waals surface area (Å²) in [6.45, 7) is 6.31. The molecule has 1 aliphatic heterocycles. The van der Waals surface area contributed by atoms with Crippen LogP contribution < -0.4 is 4.90 Å². The number of nitrogens with one attached hydrogen (secondary N) is 1. The molecule has 1 atom stereocenters. The van der Waals surface area contributed by atoms with Gasteiger partial charge >= 0.3 is 0 Å². The fourth-order valence-corrected chi connectivity index (χ4v) is 3.18. The maximum atomic E-state index is 5.90. The van der Waals surface area contributed by atoms with Gasteiger partial charge in [0.05, 0.1) is 18.7 Å². The SMILES string of the molecule is CCc1cc(N2CCOC(c3n[nH]c(C)n3)C2)c2ccccc2n1. The first-order valence-electron chi connectivity index (χ1n) is 8.38. The molecule has 1 saturated heterocycles. The predicted octanol–water partition coefficient (Wildman–Crippen LogP) is 2.80. The topological polar surface area (TPSA) is 66.9 Å². The molecule has 0 saturated carbocycles. The van der Waals surface area contributed by atoms with Crippen LogP contribution in [0.15, 0.2) is 30.3 Å². The van der Waals surface area contributed by atoms with E-state index >= 15 is 0 Å². The average Bonchev–Trinajstić information content (AvgIpc) is 3.07. The van der Waals surface area contributed by atoms with E-state index in [-0.39, 0.29) is 6.10 Å². The fourth-order valence-electron chi connectivity index (χ4n) is 3.18. The van der Waals surface area contributed by atoms with Crippen LogP contribution >= 0.6 is 0 Å². The summed E-state index contributed by atoms with van der Waals surface area (Å²) in [7, 11) is 0. The highest BCUT2D eigenvalue weighted by atomic mass is 16.5. The number of benzene rings is 1. The molecule has 0 amide bonds. The smallest absolute Gasteiger partial charge is 0.181 e. The van der Waals surface area contributed by atoms with Gasteiger partial charge in [0.2, 0.25) is 0 Å². The molecular formula is C18H21N5O. The third-order valence-corrected chi connectivity index (χ3v) is 4.42. The summed E-state index contributed by atoms with van der Waals surface area (Å²) < 4.78 is 5.90. The van der Waals surface area contributed by atoms with Crippen molar-refractivity contribution in [2.24, 2.45) is 0 Å². The van der Waals surface area contributed by atoms with E-state index in [4.69, 9.17) is 9.72 Å². The Morgan fingerprint density at radius 2 is 2.17 bits per heavy atom. The van der Waals surface area contributed by atoms with E-state index in [9.17, 15) is 0 Å². The minimum Gasteiger partial charge on any atom is -0.366 e. The lowest BCUT2D eigenvalue weighted by Crippen LogP contribution is -2.39. The van der Waals surface area contributed by atoms with Gasteiger partial charge in [0.15, 0.2) is 5.82 Å². The Kier molecular flexibility index (Phi) is 3.90. The molecule has 24 heavy (non-hydrogen) atoms. The maximum absolute atomic E-state index is 5.90. The first kappa shape index (κ1) is 15.1. The van der Waals surface area contributed by atoms with Gasteiger partial charge in [-0.1, -0.05) is 25.1 Å². The lowest BCUT2D eigenvalue weighted by atomic mass is 10.1. The third-order valence-electron chi connectivity index (χ3n) is 4.42. The zero-order valence-electron chi connectivity index (χ0n) is 14.0. The molecule has 6 nitrogen and oxygen atoms in total. The molecular weight excluding hydrogens is 302 g/mol. The molecule has 0 aliphatic carbocycles. The van der Waals surface area contributed by atoms with Gasteiger partial charge in [0.1, 0.15) is 11.9 Å². The number of pyridine rings is 1. The molecule has 6 heteroatoms. The van der Waals surface area contributed by atoms with Gasteiger partial charge in [0.25, 0.3) is 0 Å². The Bertz CT molecular complexity index is 859. The number of ether oxygens (including phenoxy) is 1. The number of morpholine rings is 1. The number of H-pyrrole nitrogens is 1. The summed E-state index contributed by atoms with van der Waals surface area (Å²) in [6.07, 6.45) is 0.812. The Labute approximate surface area is 140 Å². The quantitative estimate of drug-likeness (QED) is 0.803. The standard InChI is InChI=1S/C18H21N5O/c1-3-13-10-16(14-6-4-5-7-15(14)20-13)23-8-9-24-17(11-23)18-19-12(2)21-22-18/h4-7,10,17H,3,8-9,11H2,1-2H3,(H,19,21,22). The summed E-state index contributed by atoms with van der Waals surface area (Å²) >= 11 is 0. The summed E-state index contributed by atoms with van der Waals surface area (Å²) in [5.74, 6) is 1.54. The molecule has 2 aromatic heterocycles. The summed E-state index contributed by atoms with van der Waals surface area (Å²) in [4.78, 5) is 11.5. The van der Waals surface area contributed by atoms with E-state index in [0.29, 0.717) is 6.61 Å². The van der Waals surface area contributed by atoms with E-state index in [1.165, 1.54) is 11.1 Å². The monoisotopic (exact) mass is 323 g/mol. The highest BCUT2D eigenvalue weighted by molar-refractivity contribution is 5.92. The van der Waals surface area contributed by atoms with Crippen LogP contribution in [0.25, 0.3) is 10.9 Å². The number of aromatic amines is 1. The van der Waals surface area contributed by atoms with Gasteiger partial charge in [-0.15, -0.1) is 0 Å². The lowest BCUT2D eigenvalue weighted by Gasteiger charge is -2.34. The van der Waals surface area contributed by atoms with Crippen molar-refractivity contribution in [3.8, 4) is 0 Å². The van der Waals surface area contributed by atoms with Crippen LogP contribution in [0.4, 0.5) is 5.69 Å². The van der Waals surface area contributed by atoms with Crippen molar-refractivity contribution in [2.75, 3.05) is 24.6 Å². The molecule has 0 bridgehead atoms. The molecule has 0 spiro atoms. The first-order chi connectivity index (χ1) is 11.7. The van der Waals surface area contributed by atoms with Crippen LogP contribution in [-0.2, 0) is 11.2 Å². The highest BCUT2D eigenvalue weighted by Crippen LogP contribution is 2.30. The number of fused-ring (bicyclic) bond motifs is 1. The molecule has 4 rings (SSSR count). The second kappa shape index (κ2) is 6.20. The third kappa shape index (κ3) is 2.73. The van der Waals surface area contributed by atoms with Crippen molar-refractivity contribution in [2.45, 2.75) is 26.4 Å². The van der Waals surface area contributed by atoms with Crippen LogP contribution in [0.5, 0.6) is 0 Å². The predicted molar refractivity (Wildman–Crippen MR) is 93.1 cm³/mol. The van der Waals surface area contributed by atoms with E-state index in [1.807, 2.05) is 13.0 Å². The summed E-state index contributed by atoms with van der Waals surface area (Å²) in [5, 5.41) is 8.34. The number of anilines is 1. The average molecular weight is 323 g/mol. The fraction of sp³-hybridized carbons (Fsp3) is 0.389. The van der Waals surface area contributed by atoms with Gasteiger partial charge in [0, 0.05) is 23.3 Å². The van der Waals surface area contributed by atoms with Crippen LogP contribution in [0, 0.1) is 6.92 Å². The maximum Gasteiger partial charge on any atom is 0.181 e. The van der Waals surface area contributed by atoms with Gasteiger partial charge < -0.3 is 9.64 Å². The van der Waals surface area contributed by atoms with Crippen molar-refractivity contribution < 1.29 is 4.74 Å². The number of aryl methyl sites for hydroxylation is 2. The van der Waals surface area contributed by atoms with E-state index < -0.39 is 0 Å². The molecule has 1 aliphatic rings. The Morgan fingerprint density at radius 1 is 1.29 bits per heavy atom. The molecule has 1 fully saturated rings. The molecule has 1 unspecified atom stereocenters. The number of rotatable bonds is 3. The number of para-hydroxylation sites is 1. The van der Waals surface area contributed by atoms with Crippen molar-refractivity contribution in [3.63, 3.8) is 0 Å². The van der Waals surface area contributed by atoms with Crippen molar-refractivity contribution in [3.05, 3.63) is 47.7 Å². The van der Waals surface area contributed by atoms with Crippen molar-refractivity contribution in [1.82, 2.24) is 20.2 Å². The van der Waals surface area contributed by atoms with E-state index in [0.717, 1.165) is 42.4 Å². The Balaban J connectivity index is 1.71. The van der Waals surface area contributed by atoms with E-state index in [2.05, 4.69) is 51.3 Å². The largest absolute Gasteiger partial charge is 0.366 e. The van der Waals surface area contributed by atoms with Crippen LogP contribution in [0.1, 0.15) is 30.4 Å². The van der Waals surface area contributed by atoms with Crippen LogP contribution in [0.3, 0.4) is 0 Å². The summed E-state index contributed by atoms with van der Waals surface area (Å²) in [5.41, 5.74) is 3.38. The molecule has 124 valence electrons. The van der Waals surface area contributed by atoms with Gasteiger partial charge in [-0.25, -0.2) is 4.98 Å². The summed E-state index contributed by atoms with van der Waals surface area (Å²) in [6, 6.07) is 10.5. The van der Waals surface area contributed by atoms with E-state index in [1.54, 1.807) is 0 Å². The van der Waals surface area contributed by atoms with Gasteiger partial charge in [-0.05, 0) is 25.5 Å². The number of hydrogen-bond acceptors (Lipinski definition) is 5. The zero-order valence-corrected chi connectivity index (χ0v) is 14.0. The minimum absolute atomic E-state index is 0.110. The molecule has 3 heterocycles. The molecule has 3 aromatic rings. The number of hydrogen-bond donors (Lipinski definition) is 1. The normalized spacial score (nSPS) is 18.2. The Hall–Kier alpha value is -2.47. The first-order valence-corrected chi connectivity index (χ1v) is 8.38. The van der Waals surface area contributed by atoms with Crippen LogP contribution in [-0.4, -0.2) is 39.9 Å². The van der Waals surface area contributed by atoms with Crippen molar-refractivity contribution in [1.29, 1.82) is 0 Å². The Morgan fingerprint density at radius 3 is 2.96 bits per heavy atom. The second-order valence-electron chi connectivity index (χ2n) is 6.09. The highest BCUT2D eigenvalue weighted by Gasteiger charge is 2.26. The lowest BCUT2D eigenvalue weighted by molar-refractivity contribution is 0.0343. The minimum atomic E-state index is -0.110. The number of aromatic nitrogens is 4. The molecule has 1 N–H and O–H groups in total. The van der Waals surface area contributed by atoms with Gasteiger partial charge in [-0.3, -0.25) is 10.1 Å². The zero-order chi connectivity index (χ0) is 16.5. The van der Waals surface area contributed by atoms with Crippen molar-refractivity contribution >= 4 is 16.6 Å². The van der Waals surface area contributed by atoms with Gasteiger partial charge in [-0.2, -0.15) is 5.10 Å². The van der Waals surface area contributed by atoms with Crippen LogP contribution in [0.2, 0.25) is 0 Å².